The first-order valence-electron chi connectivity index (χ1n) is 5.55. The van der Waals surface area contributed by atoms with Crippen molar-refractivity contribution in [3.8, 4) is 0 Å². The molecule has 0 radical (unpaired) electrons. The van der Waals surface area contributed by atoms with Gasteiger partial charge >= 0.3 is 0 Å². The van der Waals surface area contributed by atoms with E-state index in [9.17, 15) is 0 Å². The van der Waals surface area contributed by atoms with Crippen LogP contribution in [-0.2, 0) is 0 Å². The van der Waals surface area contributed by atoms with Gasteiger partial charge in [0.15, 0.2) is 0 Å². The van der Waals surface area contributed by atoms with Crippen molar-refractivity contribution in [3.05, 3.63) is 64.4 Å². The number of aryl methyl sites for hydroxylation is 1. The molecule has 1 N–H and O–H groups in total. The summed E-state index contributed by atoms with van der Waals surface area (Å²) in [5.41, 5.74) is 3.50. The van der Waals surface area contributed by atoms with Crippen LogP contribution in [0.15, 0.2) is 42.7 Å². The summed E-state index contributed by atoms with van der Waals surface area (Å²) in [6, 6.07) is 10.5. The Morgan fingerprint density at radius 1 is 1.29 bits per heavy atom. The minimum absolute atomic E-state index is 0.102. The highest BCUT2D eigenvalue weighted by Crippen LogP contribution is 2.27. The Morgan fingerprint density at radius 3 is 2.76 bits per heavy atom. The first-order chi connectivity index (χ1) is 8.22. The number of hydrogen-bond acceptors (Lipinski definition) is 2. The lowest BCUT2D eigenvalue weighted by Gasteiger charge is -2.18. The van der Waals surface area contributed by atoms with E-state index in [1.54, 1.807) is 12.4 Å². The third-order valence-electron chi connectivity index (χ3n) is 2.78. The van der Waals surface area contributed by atoms with Gasteiger partial charge in [-0.2, -0.15) is 0 Å². The zero-order valence-electron chi connectivity index (χ0n) is 9.94. The second-order valence-corrected chi connectivity index (χ2v) is 4.44. The lowest BCUT2D eigenvalue weighted by Crippen LogP contribution is -2.18. The van der Waals surface area contributed by atoms with E-state index in [1.807, 2.05) is 13.1 Å². The number of nitrogens with zero attached hydrogens (tertiary/aromatic N) is 1. The molecule has 1 aromatic carbocycles. The van der Waals surface area contributed by atoms with Crippen molar-refractivity contribution in [2.24, 2.45) is 0 Å². The third-order valence-corrected chi connectivity index (χ3v) is 3.09. The summed E-state index contributed by atoms with van der Waals surface area (Å²) < 4.78 is 0. The van der Waals surface area contributed by atoms with Crippen molar-refractivity contribution in [1.29, 1.82) is 0 Å². The second-order valence-electron chi connectivity index (χ2n) is 4.03. The normalized spacial score (nSPS) is 12.4. The van der Waals surface area contributed by atoms with Gasteiger partial charge < -0.3 is 5.32 Å². The number of benzene rings is 1. The summed E-state index contributed by atoms with van der Waals surface area (Å²) in [6.07, 6.45) is 3.44. The van der Waals surface area contributed by atoms with Crippen LogP contribution < -0.4 is 5.32 Å². The smallest absolute Gasteiger partial charge is 0.0640 e. The van der Waals surface area contributed by atoms with Gasteiger partial charge in [0.05, 0.1) is 11.1 Å². The average Bonchev–Trinajstić information content (AvgIpc) is 2.33. The van der Waals surface area contributed by atoms with Crippen LogP contribution in [-0.4, -0.2) is 12.0 Å². The van der Waals surface area contributed by atoms with E-state index < -0.39 is 0 Å². The molecule has 2 nitrogen and oxygen atoms in total. The monoisotopic (exact) mass is 246 g/mol. The molecule has 0 fully saturated rings. The molecule has 0 aliphatic heterocycles. The predicted molar refractivity (Wildman–Crippen MR) is 71.3 cm³/mol. The third kappa shape index (κ3) is 2.65. The molecule has 17 heavy (non-hydrogen) atoms. The van der Waals surface area contributed by atoms with E-state index in [0.717, 1.165) is 5.56 Å². The molecule has 0 saturated carbocycles. The van der Waals surface area contributed by atoms with Gasteiger partial charge in [-0.15, -0.1) is 0 Å². The van der Waals surface area contributed by atoms with Gasteiger partial charge in [0.2, 0.25) is 0 Å². The molecule has 1 unspecified atom stereocenters. The van der Waals surface area contributed by atoms with Crippen LogP contribution in [0.2, 0.25) is 5.02 Å². The molecule has 2 aromatic rings. The molecule has 0 amide bonds. The lowest BCUT2D eigenvalue weighted by atomic mass is 9.98. The molecule has 0 spiro atoms. The minimum atomic E-state index is 0.102. The van der Waals surface area contributed by atoms with Gasteiger partial charge in [0.25, 0.3) is 0 Å². The quantitative estimate of drug-likeness (QED) is 0.899. The lowest BCUT2D eigenvalue weighted by molar-refractivity contribution is 0.690. The van der Waals surface area contributed by atoms with Crippen LogP contribution >= 0.6 is 11.6 Å². The van der Waals surface area contributed by atoms with Crippen molar-refractivity contribution in [2.45, 2.75) is 13.0 Å². The standard InChI is InChI=1S/C14H15ClN2/c1-10-4-3-5-11(8-10)14(16-2)12-6-7-17-9-13(12)15/h3-9,14,16H,1-2H3. The highest BCUT2D eigenvalue weighted by Gasteiger charge is 2.14. The van der Waals surface area contributed by atoms with Gasteiger partial charge in [0.1, 0.15) is 0 Å². The van der Waals surface area contributed by atoms with Crippen molar-refractivity contribution in [2.75, 3.05) is 7.05 Å². The molecule has 1 atom stereocenters. The zero-order valence-corrected chi connectivity index (χ0v) is 10.7. The molecule has 2 rings (SSSR count). The largest absolute Gasteiger partial charge is 0.309 e. The molecule has 0 aliphatic rings. The molecule has 0 bridgehead atoms. The van der Waals surface area contributed by atoms with Crippen molar-refractivity contribution in [1.82, 2.24) is 10.3 Å². The Hall–Kier alpha value is -1.38. The molecule has 1 heterocycles. The Bertz CT molecular complexity index is 511. The second kappa shape index (κ2) is 5.30. The summed E-state index contributed by atoms with van der Waals surface area (Å²) in [7, 11) is 1.93. The van der Waals surface area contributed by atoms with Crippen molar-refractivity contribution < 1.29 is 0 Å². The Labute approximate surface area is 107 Å². The summed E-state index contributed by atoms with van der Waals surface area (Å²) in [6.45, 7) is 2.09. The van der Waals surface area contributed by atoms with Gasteiger partial charge in [-0.1, -0.05) is 41.4 Å². The first-order valence-corrected chi connectivity index (χ1v) is 5.93. The summed E-state index contributed by atoms with van der Waals surface area (Å²) in [5, 5.41) is 3.98. The first kappa shape index (κ1) is 12.1. The van der Waals surface area contributed by atoms with Crippen LogP contribution in [0.1, 0.15) is 22.7 Å². The fourth-order valence-electron chi connectivity index (χ4n) is 1.97. The fraction of sp³-hybridized carbons (Fsp3) is 0.214. The topological polar surface area (TPSA) is 24.9 Å². The Balaban J connectivity index is 2.44. The highest BCUT2D eigenvalue weighted by molar-refractivity contribution is 6.31. The van der Waals surface area contributed by atoms with Gasteiger partial charge in [-0.25, -0.2) is 0 Å². The SMILES string of the molecule is CNC(c1cccc(C)c1)c1ccncc1Cl. The van der Waals surface area contributed by atoms with E-state index in [1.165, 1.54) is 11.1 Å². The molecule has 0 saturated heterocycles. The number of pyridine rings is 1. The fourth-order valence-corrected chi connectivity index (χ4v) is 2.20. The molecule has 0 aliphatic carbocycles. The van der Waals surface area contributed by atoms with Crippen LogP contribution in [0.25, 0.3) is 0 Å². The van der Waals surface area contributed by atoms with Gasteiger partial charge in [-0.05, 0) is 31.2 Å². The molecular weight excluding hydrogens is 232 g/mol. The van der Waals surface area contributed by atoms with E-state index in [-0.39, 0.29) is 6.04 Å². The predicted octanol–water partition coefficient (Wildman–Crippen LogP) is 3.35. The van der Waals surface area contributed by atoms with E-state index in [2.05, 4.69) is 41.5 Å². The van der Waals surface area contributed by atoms with Crippen LogP contribution in [0.4, 0.5) is 0 Å². The summed E-state index contributed by atoms with van der Waals surface area (Å²) >= 11 is 6.18. The maximum atomic E-state index is 6.18. The summed E-state index contributed by atoms with van der Waals surface area (Å²) in [4.78, 5) is 4.01. The van der Waals surface area contributed by atoms with Crippen molar-refractivity contribution in [3.63, 3.8) is 0 Å². The summed E-state index contributed by atoms with van der Waals surface area (Å²) in [5.74, 6) is 0. The van der Waals surface area contributed by atoms with Crippen molar-refractivity contribution >= 4 is 11.6 Å². The average molecular weight is 247 g/mol. The molecular formula is C14H15ClN2. The highest BCUT2D eigenvalue weighted by atomic mass is 35.5. The number of aromatic nitrogens is 1. The van der Waals surface area contributed by atoms with E-state index in [4.69, 9.17) is 11.6 Å². The van der Waals surface area contributed by atoms with Crippen LogP contribution in [0, 0.1) is 6.92 Å². The van der Waals surface area contributed by atoms with E-state index >= 15 is 0 Å². The van der Waals surface area contributed by atoms with Gasteiger partial charge in [-0.3, -0.25) is 4.98 Å². The molecule has 88 valence electrons. The van der Waals surface area contributed by atoms with Gasteiger partial charge in [0, 0.05) is 12.4 Å². The van der Waals surface area contributed by atoms with Crippen LogP contribution in [0.3, 0.4) is 0 Å². The number of rotatable bonds is 3. The Kier molecular flexibility index (Phi) is 3.77. The Morgan fingerprint density at radius 2 is 2.12 bits per heavy atom. The number of halogens is 1. The molecule has 3 heteroatoms. The maximum absolute atomic E-state index is 6.18. The zero-order chi connectivity index (χ0) is 12.3. The molecule has 1 aromatic heterocycles. The van der Waals surface area contributed by atoms with E-state index in [0.29, 0.717) is 5.02 Å². The maximum Gasteiger partial charge on any atom is 0.0640 e. The minimum Gasteiger partial charge on any atom is -0.309 e. The van der Waals surface area contributed by atoms with Crippen LogP contribution in [0.5, 0.6) is 0 Å². The number of hydrogen-bond donors (Lipinski definition) is 1. The number of nitrogens with one attached hydrogen (secondary N) is 1.